The monoisotopic (exact) mass is 410 g/mol. The van der Waals surface area contributed by atoms with Crippen LogP contribution < -0.4 is 15.1 Å². The summed E-state index contributed by atoms with van der Waals surface area (Å²) in [4.78, 5) is 30.7. The SMILES string of the molecule is COC(=O)c1[nH]c2ccc(Cl)cc2c1NC(=O)[C@@H](C)[NH+]1CC[NH+](CCO)CC1. The largest absolute Gasteiger partial charge is 0.464 e. The maximum absolute atomic E-state index is 12.9. The standard InChI is InChI=1S/C19H25ClN4O4/c1-12(24-7-5-23(6-8-24)9-10-25)18(26)22-16-14-11-13(20)3-4-15(14)21-17(16)19(27)28-2/h3-4,11-12,21,25H,5-10H2,1-2H3,(H,22,26)/p+2/t12-/m1/s1. The highest BCUT2D eigenvalue weighted by molar-refractivity contribution is 6.31. The third kappa shape index (κ3) is 4.30. The number of fused-ring (bicyclic) bond motifs is 1. The van der Waals surface area contributed by atoms with Crippen molar-refractivity contribution in [3.63, 3.8) is 0 Å². The number of halogens is 1. The molecule has 152 valence electrons. The summed E-state index contributed by atoms with van der Waals surface area (Å²) in [6.07, 6.45) is 0. The molecule has 5 N–H and O–H groups in total. The first-order chi connectivity index (χ1) is 13.4. The van der Waals surface area contributed by atoms with Crippen molar-refractivity contribution in [1.29, 1.82) is 0 Å². The molecule has 1 amide bonds. The first kappa shape index (κ1) is 20.6. The van der Waals surface area contributed by atoms with Crippen molar-refractivity contribution < 1.29 is 29.2 Å². The average molecular weight is 411 g/mol. The fourth-order valence-corrected chi connectivity index (χ4v) is 3.90. The molecule has 1 aliphatic rings. The zero-order valence-electron chi connectivity index (χ0n) is 16.1. The molecule has 8 nitrogen and oxygen atoms in total. The van der Waals surface area contributed by atoms with Gasteiger partial charge in [-0.05, 0) is 25.1 Å². The number of anilines is 1. The Morgan fingerprint density at radius 3 is 2.68 bits per heavy atom. The Hall–Kier alpha value is -2.13. The second kappa shape index (κ2) is 8.91. The van der Waals surface area contributed by atoms with Crippen LogP contribution in [0.2, 0.25) is 5.02 Å². The van der Waals surface area contributed by atoms with Crippen molar-refractivity contribution in [2.45, 2.75) is 13.0 Å². The van der Waals surface area contributed by atoms with Gasteiger partial charge in [0.2, 0.25) is 0 Å². The van der Waals surface area contributed by atoms with Crippen molar-refractivity contribution in [3.05, 3.63) is 28.9 Å². The molecule has 2 heterocycles. The van der Waals surface area contributed by atoms with Crippen molar-refractivity contribution in [2.24, 2.45) is 0 Å². The van der Waals surface area contributed by atoms with Crippen LogP contribution in [0.4, 0.5) is 5.69 Å². The molecule has 0 aliphatic carbocycles. The van der Waals surface area contributed by atoms with Crippen molar-refractivity contribution in [1.82, 2.24) is 4.98 Å². The lowest BCUT2D eigenvalue weighted by Crippen LogP contribution is -3.30. The van der Waals surface area contributed by atoms with Crippen molar-refractivity contribution >= 4 is 40.1 Å². The maximum atomic E-state index is 12.9. The summed E-state index contributed by atoms with van der Waals surface area (Å²) in [7, 11) is 1.30. The number of aliphatic hydroxyl groups is 1. The minimum atomic E-state index is -0.552. The highest BCUT2D eigenvalue weighted by Crippen LogP contribution is 2.30. The fraction of sp³-hybridized carbons (Fsp3) is 0.474. The van der Waals surface area contributed by atoms with Gasteiger partial charge in [-0.2, -0.15) is 0 Å². The zero-order valence-corrected chi connectivity index (χ0v) is 16.9. The molecule has 1 atom stereocenters. The lowest BCUT2D eigenvalue weighted by molar-refractivity contribution is -1.02. The summed E-state index contributed by atoms with van der Waals surface area (Å²) in [5.41, 5.74) is 1.29. The predicted octanol–water partition coefficient (Wildman–Crippen LogP) is -1.29. The topological polar surface area (TPSA) is 100 Å². The highest BCUT2D eigenvalue weighted by Gasteiger charge is 2.32. The van der Waals surface area contributed by atoms with Gasteiger partial charge in [0.05, 0.1) is 19.4 Å². The lowest BCUT2D eigenvalue weighted by atomic mass is 10.2. The molecule has 0 bridgehead atoms. The Kier molecular flexibility index (Phi) is 6.56. The van der Waals surface area contributed by atoms with Gasteiger partial charge in [-0.1, -0.05) is 11.6 Å². The smallest absolute Gasteiger partial charge is 0.356 e. The number of benzene rings is 1. The van der Waals surface area contributed by atoms with Crippen LogP contribution in [0.1, 0.15) is 17.4 Å². The van der Waals surface area contributed by atoms with E-state index < -0.39 is 5.97 Å². The summed E-state index contributed by atoms with van der Waals surface area (Å²) in [5.74, 6) is -0.713. The number of aromatic nitrogens is 1. The molecule has 0 spiro atoms. The van der Waals surface area contributed by atoms with Crippen LogP contribution >= 0.6 is 11.6 Å². The molecular weight excluding hydrogens is 384 g/mol. The quantitative estimate of drug-likeness (QED) is 0.383. The lowest BCUT2D eigenvalue weighted by Gasteiger charge is -2.32. The van der Waals surface area contributed by atoms with E-state index in [2.05, 4.69) is 10.3 Å². The number of ether oxygens (including phenoxy) is 1. The van der Waals surface area contributed by atoms with Gasteiger partial charge in [-0.15, -0.1) is 0 Å². The van der Waals surface area contributed by atoms with Crippen LogP contribution in [-0.4, -0.2) is 74.4 Å². The van der Waals surface area contributed by atoms with Crippen LogP contribution in [0.3, 0.4) is 0 Å². The average Bonchev–Trinajstić information content (AvgIpc) is 3.05. The number of carbonyl (C=O) groups is 2. The molecule has 1 aliphatic heterocycles. The Balaban J connectivity index is 1.78. The number of piperazine rings is 1. The van der Waals surface area contributed by atoms with Crippen LogP contribution in [0, 0.1) is 0 Å². The van der Waals surface area contributed by atoms with Gasteiger partial charge in [0.25, 0.3) is 5.91 Å². The molecule has 28 heavy (non-hydrogen) atoms. The molecule has 2 aromatic rings. The van der Waals surface area contributed by atoms with E-state index in [1.165, 1.54) is 16.9 Å². The molecular formula is C19H27ClN4O4+2. The summed E-state index contributed by atoms with van der Waals surface area (Å²) in [6, 6.07) is 4.92. The summed E-state index contributed by atoms with van der Waals surface area (Å²) in [5, 5.41) is 13.2. The van der Waals surface area contributed by atoms with E-state index >= 15 is 0 Å². The van der Waals surface area contributed by atoms with Gasteiger partial charge in [-0.25, -0.2) is 4.79 Å². The Bertz CT molecular complexity index is 861. The minimum Gasteiger partial charge on any atom is -0.464 e. The molecule has 0 unspecified atom stereocenters. The Morgan fingerprint density at radius 2 is 2.04 bits per heavy atom. The molecule has 1 aromatic carbocycles. The number of hydrogen-bond donors (Lipinski definition) is 5. The predicted molar refractivity (Wildman–Crippen MR) is 106 cm³/mol. The fourth-order valence-electron chi connectivity index (χ4n) is 3.73. The van der Waals surface area contributed by atoms with E-state index in [1.807, 2.05) is 6.92 Å². The number of esters is 1. The summed E-state index contributed by atoms with van der Waals surface area (Å²) < 4.78 is 4.85. The zero-order chi connectivity index (χ0) is 20.3. The number of methoxy groups -OCH3 is 1. The summed E-state index contributed by atoms with van der Waals surface area (Å²) >= 11 is 6.11. The van der Waals surface area contributed by atoms with E-state index in [0.717, 1.165) is 32.7 Å². The number of hydrogen-bond acceptors (Lipinski definition) is 4. The van der Waals surface area contributed by atoms with Crippen LogP contribution in [0.5, 0.6) is 0 Å². The van der Waals surface area contributed by atoms with Crippen LogP contribution in [0.15, 0.2) is 18.2 Å². The molecule has 1 aromatic heterocycles. The third-order valence-corrected chi connectivity index (χ3v) is 5.70. The number of carbonyl (C=O) groups excluding carboxylic acids is 2. The highest BCUT2D eigenvalue weighted by atomic mass is 35.5. The molecule has 1 fully saturated rings. The number of aliphatic hydroxyl groups excluding tert-OH is 1. The first-order valence-electron chi connectivity index (χ1n) is 9.44. The normalized spacial score (nSPS) is 20.7. The maximum Gasteiger partial charge on any atom is 0.356 e. The molecule has 9 heteroatoms. The van der Waals surface area contributed by atoms with Gasteiger partial charge < -0.3 is 29.9 Å². The van der Waals surface area contributed by atoms with E-state index in [9.17, 15) is 9.59 Å². The van der Waals surface area contributed by atoms with Crippen LogP contribution in [0.25, 0.3) is 10.9 Å². The number of amides is 1. The number of rotatable bonds is 6. The van der Waals surface area contributed by atoms with E-state index in [-0.39, 0.29) is 24.2 Å². The van der Waals surface area contributed by atoms with Gasteiger partial charge in [-0.3, -0.25) is 4.79 Å². The molecule has 1 saturated heterocycles. The molecule has 3 rings (SSSR count). The van der Waals surface area contributed by atoms with E-state index in [1.54, 1.807) is 18.2 Å². The second-order valence-corrected chi connectivity index (χ2v) is 7.59. The first-order valence-corrected chi connectivity index (χ1v) is 9.81. The Morgan fingerprint density at radius 1 is 1.32 bits per heavy atom. The van der Waals surface area contributed by atoms with Gasteiger partial charge in [0, 0.05) is 15.9 Å². The van der Waals surface area contributed by atoms with Gasteiger partial charge >= 0.3 is 5.97 Å². The molecule has 0 saturated carbocycles. The second-order valence-electron chi connectivity index (χ2n) is 7.15. The summed E-state index contributed by atoms with van der Waals surface area (Å²) in [6.45, 7) is 6.36. The number of nitrogens with one attached hydrogen (secondary N) is 4. The number of quaternary nitrogens is 2. The van der Waals surface area contributed by atoms with Gasteiger partial charge in [0.15, 0.2) is 6.04 Å². The van der Waals surface area contributed by atoms with Gasteiger partial charge in [0.1, 0.15) is 38.4 Å². The van der Waals surface area contributed by atoms with Crippen molar-refractivity contribution in [3.8, 4) is 0 Å². The van der Waals surface area contributed by atoms with Crippen molar-refractivity contribution in [2.75, 3.05) is 51.8 Å². The van der Waals surface area contributed by atoms with E-state index in [0.29, 0.717) is 21.6 Å². The Labute approximate surface area is 168 Å². The number of aromatic amines is 1. The number of H-pyrrole nitrogens is 1. The van der Waals surface area contributed by atoms with Crippen LogP contribution in [-0.2, 0) is 9.53 Å². The minimum absolute atomic E-state index is 0.161. The molecule has 0 radical (unpaired) electrons. The van der Waals surface area contributed by atoms with E-state index in [4.69, 9.17) is 21.4 Å². The third-order valence-electron chi connectivity index (χ3n) is 5.47.